The first-order valence-electron chi connectivity index (χ1n) is 13.9. The molecular weight excluding hydrogens is 581 g/mol. The van der Waals surface area contributed by atoms with Crippen LogP contribution in [0.2, 0.25) is 0 Å². The summed E-state index contributed by atoms with van der Waals surface area (Å²) in [5, 5.41) is 16.1. The van der Waals surface area contributed by atoms with Gasteiger partial charge in [-0.05, 0) is 56.3 Å². The van der Waals surface area contributed by atoms with Crippen molar-refractivity contribution in [1.29, 1.82) is 0 Å². The van der Waals surface area contributed by atoms with Gasteiger partial charge >= 0.3 is 6.18 Å². The van der Waals surface area contributed by atoms with E-state index in [-0.39, 0.29) is 49.0 Å². The molecule has 13 heteroatoms. The molecule has 0 radical (unpaired) electrons. The molecule has 4 aromatic rings. The van der Waals surface area contributed by atoms with E-state index in [0.29, 0.717) is 36.6 Å². The number of alkyl halides is 3. The summed E-state index contributed by atoms with van der Waals surface area (Å²) < 4.78 is 56.8. The number of anilines is 2. The zero-order chi connectivity index (χ0) is 29.9. The molecule has 0 bridgehead atoms. The fourth-order valence-electron chi connectivity index (χ4n) is 5.49. The lowest BCUT2D eigenvalue weighted by atomic mass is 9.89. The van der Waals surface area contributed by atoms with Gasteiger partial charge in [0, 0.05) is 24.0 Å². The van der Waals surface area contributed by atoms with Crippen molar-refractivity contribution < 1.29 is 27.4 Å². The standard InChI is InChI=1S/C30H29F3N6O3S/c31-30(32,33)26-24(42-22-4-2-1-3-5-22)7-6-23(27(26)39-14-15-41-29(19-39)9-12-34-13-10-29)38-25(40)16-21-18-43-28(37-21)20-8-11-35-36-17-20/h1-8,11,17-18,34H,9-10,12-16,19H2,(H,38,40). The van der Waals surface area contributed by atoms with Crippen LogP contribution in [0.4, 0.5) is 24.5 Å². The highest BCUT2D eigenvalue weighted by Gasteiger charge is 2.44. The Morgan fingerprint density at radius 2 is 1.93 bits per heavy atom. The molecule has 2 fully saturated rings. The van der Waals surface area contributed by atoms with Crippen LogP contribution in [0.1, 0.15) is 24.1 Å². The second-order valence-electron chi connectivity index (χ2n) is 10.5. The van der Waals surface area contributed by atoms with Gasteiger partial charge in [-0.1, -0.05) is 18.2 Å². The average molecular weight is 611 g/mol. The SMILES string of the molecule is O=C(Cc1csc(-c2ccnnc2)n1)Nc1ccc(Oc2ccccc2)c(C(F)(F)F)c1N1CCOC2(CCNCC2)C1. The molecule has 0 saturated carbocycles. The van der Waals surface area contributed by atoms with Crippen molar-refractivity contribution in [2.75, 3.05) is 43.0 Å². The van der Waals surface area contributed by atoms with Gasteiger partial charge in [-0.15, -0.1) is 11.3 Å². The third-order valence-corrected chi connectivity index (χ3v) is 8.41. The van der Waals surface area contributed by atoms with Gasteiger partial charge in [0.15, 0.2) is 0 Å². The van der Waals surface area contributed by atoms with Crippen molar-refractivity contribution in [1.82, 2.24) is 20.5 Å². The molecule has 1 spiro atoms. The van der Waals surface area contributed by atoms with E-state index < -0.39 is 23.2 Å². The fraction of sp³-hybridized carbons (Fsp3) is 0.333. The Kier molecular flexibility index (Phi) is 8.28. The maximum Gasteiger partial charge on any atom is 0.422 e. The van der Waals surface area contributed by atoms with E-state index in [1.54, 1.807) is 59.1 Å². The van der Waals surface area contributed by atoms with Gasteiger partial charge in [-0.25, -0.2) is 4.98 Å². The minimum atomic E-state index is -4.78. The number of benzene rings is 2. The normalized spacial score (nSPS) is 16.7. The number of para-hydroxylation sites is 1. The van der Waals surface area contributed by atoms with Crippen LogP contribution < -0.4 is 20.3 Å². The number of nitrogens with zero attached hydrogens (tertiary/aromatic N) is 4. The second kappa shape index (κ2) is 12.3. The maximum atomic E-state index is 14.9. The lowest BCUT2D eigenvalue weighted by molar-refractivity contribution is -0.138. The fourth-order valence-corrected chi connectivity index (χ4v) is 6.30. The third kappa shape index (κ3) is 6.63. The van der Waals surface area contributed by atoms with Crippen molar-refractivity contribution in [3.63, 3.8) is 0 Å². The number of nitrogens with one attached hydrogen (secondary N) is 2. The molecule has 2 aromatic heterocycles. The summed E-state index contributed by atoms with van der Waals surface area (Å²) >= 11 is 1.35. The topological polar surface area (TPSA) is 102 Å². The predicted molar refractivity (Wildman–Crippen MR) is 156 cm³/mol. The molecule has 9 nitrogen and oxygen atoms in total. The quantitative estimate of drug-likeness (QED) is 0.281. The van der Waals surface area contributed by atoms with Crippen molar-refractivity contribution in [3.8, 4) is 22.1 Å². The summed E-state index contributed by atoms with van der Waals surface area (Å²) in [6.07, 6.45) is -0.422. The number of piperidine rings is 1. The minimum absolute atomic E-state index is 0.0532. The van der Waals surface area contributed by atoms with E-state index in [0.717, 1.165) is 5.56 Å². The van der Waals surface area contributed by atoms with E-state index in [1.165, 1.54) is 23.5 Å². The summed E-state index contributed by atoms with van der Waals surface area (Å²) in [5.74, 6) is -0.551. The second-order valence-corrected chi connectivity index (χ2v) is 11.3. The molecule has 43 heavy (non-hydrogen) atoms. The molecule has 2 aromatic carbocycles. The van der Waals surface area contributed by atoms with E-state index in [2.05, 4.69) is 25.8 Å². The molecule has 2 N–H and O–H groups in total. The molecule has 2 aliphatic rings. The number of thiazole rings is 1. The van der Waals surface area contributed by atoms with Gasteiger partial charge in [0.05, 0.1) is 48.1 Å². The molecule has 1 amide bonds. The largest absolute Gasteiger partial charge is 0.457 e. The number of carbonyl (C=O) groups is 1. The van der Waals surface area contributed by atoms with Crippen LogP contribution in [0.5, 0.6) is 11.5 Å². The molecule has 6 rings (SSSR count). The van der Waals surface area contributed by atoms with Crippen molar-refractivity contribution >= 4 is 28.6 Å². The Hall–Kier alpha value is -4.07. The number of hydrogen-bond donors (Lipinski definition) is 2. The van der Waals surface area contributed by atoms with Gasteiger partial charge in [-0.2, -0.15) is 23.4 Å². The smallest absolute Gasteiger partial charge is 0.422 e. The number of rotatable bonds is 7. The summed E-state index contributed by atoms with van der Waals surface area (Å²) in [4.78, 5) is 19.5. The molecule has 0 unspecified atom stereocenters. The van der Waals surface area contributed by atoms with Crippen LogP contribution in [0.15, 0.2) is 66.3 Å². The highest BCUT2D eigenvalue weighted by atomic mass is 32.1. The molecule has 2 saturated heterocycles. The number of aromatic nitrogens is 3. The van der Waals surface area contributed by atoms with Gasteiger partial charge in [0.1, 0.15) is 22.1 Å². The molecular formula is C30H29F3N6O3S. The zero-order valence-corrected chi connectivity index (χ0v) is 23.9. The van der Waals surface area contributed by atoms with Crippen molar-refractivity contribution in [2.24, 2.45) is 0 Å². The summed E-state index contributed by atoms with van der Waals surface area (Å²) in [7, 11) is 0. The number of ether oxygens (including phenoxy) is 2. The van der Waals surface area contributed by atoms with Crippen LogP contribution >= 0.6 is 11.3 Å². The minimum Gasteiger partial charge on any atom is -0.457 e. The van der Waals surface area contributed by atoms with Crippen LogP contribution in [0, 0.1) is 0 Å². The van der Waals surface area contributed by atoms with Gasteiger partial charge in [-0.3, -0.25) is 4.79 Å². The van der Waals surface area contributed by atoms with Crippen LogP contribution in [0.25, 0.3) is 10.6 Å². The van der Waals surface area contributed by atoms with Crippen LogP contribution in [-0.2, 0) is 22.1 Å². The maximum absolute atomic E-state index is 14.9. The number of halogens is 3. The first-order chi connectivity index (χ1) is 20.8. The number of morpholine rings is 1. The Bertz CT molecular complexity index is 1560. The van der Waals surface area contributed by atoms with E-state index in [4.69, 9.17) is 9.47 Å². The van der Waals surface area contributed by atoms with Gasteiger partial charge in [0.2, 0.25) is 5.91 Å². The Morgan fingerprint density at radius 3 is 2.67 bits per heavy atom. The Balaban J connectivity index is 1.34. The highest BCUT2D eigenvalue weighted by Crippen LogP contribution is 2.49. The zero-order valence-electron chi connectivity index (χ0n) is 23.1. The highest BCUT2D eigenvalue weighted by molar-refractivity contribution is 7.13. The molecule has 4 heterocycles. The summed E-state index contributed by atoms with van der Waals surface area (Å²) in [5.41, 5.74) is -0.341. The van der Waals surface area contributed by atoms with Gasteiger partial charge in [0.25, 0.3) is 0 Å². The van der Waals surface area contributed by atoms with Gasteiger partial charge < -0.3 is 25.0 Å². The molecule has 0 aliphatic carbocycles. The van der Waals surface area contributed by atoms with Crippen LogP contribution in [0.3, 0.4) is 0 Å². The third-order valence-electron chi connectivity index (χ3n) is 7.47. The van der Waals surface area contributed by atoms with E-state index in [9.17, 15) is 18.0 Å². The Morgan fingerprint density at radius 1 is 1.12 bits per heavy atom. The average Bonchev–Trinajstić information content (AvgIpc) is 3.47. The predicted octanol–water partition coefficient (Wildman–Crippen LogP) is 5.55. The Labute approximate surface area is 250 Å². The lowest BCUT2D eigenvalue weighted by Gasteiger charge is -2.46. The summed E-state index contributed by atoms with van der Waals surface area (Å²) in [6, 6.07) is 12.8. The van der Waals surface area contributed by atoms with Crippen LogP contribution in [-0.4, -0.2) is 59.5 Å². The lowest BCUT2D eigenvalue weighted by Crippen LogP contribution is -2.56. The van der Waals surface area contributed by atoms with Crippen molar-refractivity contribution in [3.05, 3.63) is 77.6 Å². The number of carbonyl (C=O) groups excluding carboxylic acids is 1. The monoisotopic (exact) mass is 610 g/mol. The molecule has 224 valence electrons. The first-order valence-corrected chi connectivity index (χ1v) is 14.8. The number of amides is 1. The number of hydrogen-bond acceptors (Lipinski definition) is 9. The van der Waals surface area contributed by atoms with E-state index in [1.807, 2.05) is 0 Å². The molecule has 2 aliphatic heterocycles. The first kappa shape index (κ1) is 29.0. The molecule has 0 atom stereocenters. The van der Waals surface area contributed by atoms with E-state index >= 15 is 0 Å². The summed E-state index contributed by atoms with van der Waals surface area (Å²) in [6.45, 7) is 2.17. The van der Waals surface area contributed by atoms with Crippen molar-refractivity contribution in [2.45, 2.75) is 31.0 Å².